The fourth-order valence-corrected chi connectivity index (χ4v) is 1.17. The molecular formula is C12H15NO2. The molecule has 0 aliphatic carbocycles. The number of hydrogen-bond acceptors (Lipinski definition) is 3. The zero-order valence-corrected chi connectivity index (χ0v) is 9.01. The summed E-state index contributed by atoms with van der Waals surface area (Å²) in [5, 5.41) is 0. The van der Waals surface area contributed by atoms with E-state index in [0.29, 0.717) is 6.61 Å². The Balaban J connectivity index is 2.56. The fraction of sp³-hybridized carbons (Fsp3) is 0.333. The van der Waals surface area contributed by atoms with Gasteiger partial charge in [0.15, 0.2) is 0 Å². The Morgan fingerprint density at radius 2 is 2.13 bits per heavy atom. The van der Waals surface area contributed by atoms with Crippen LogP contribution in [0.3, 0.4) is 0 Å². The number of rotatable bonds is 4. The van der Waals surface area contributed by atoms with Crippen molar-refractivity contribution in [3.8, 4) is 0 Å². The summed E-state index contributed by atoms with van der Waals surface area (Å²) in [6, 6.07) is 9.79. The zero-order valence-electron chi connectivity index (χ0n) is 9.01. The molecule has 0 aliphatic heterocycles. The summed E-state index contributed by atoms with van der Waals surface area (Å²) in [6.45, 7) is 4.09. The summed E-state index contributed by atoms with van der Waals surface area (Å²) in [4.78, 5) is 15.1. The normalized spacial score (nSPS) is 12.7. The second-order valence-electron chi connectivity index (χ2n) is 3.12. The third kappa shape index (κ3) is 3.94. The van der Waals surface area contributed by atoms with Gasteiger partial charge >= 0.3 is 5.97 Å². The van der Waals surface area contributed by atoms with Crippen LogP contribution in [-0.2, 0) is 9.53 Å². The topological polar surface area (TPSA) is 38.7 Å². The summed E-state index contributed by atoms with van der Waals surface area (Å²) >= 11 is 0. The van der Waals surface area contributed by atoms with Gasteiger partial charge in [-0.2, -0.15) is 0 Å². The van der Waals surface area contributed by atoms with E-state index in [9.17, 15) is 4.79 Å². The second-order valence-corrected chi connectivity index (χ2v) is 3.12. The molecule has 0 heterocycles. The lowest BCUT2D eigenvalue weighted by Crippen LogP contribution is -2.05. The molecule has 0 saturated heterocycles. The molecule has 0 amide bonds. The molecule has 0 fully saturated rings. The number of carbonyl (C=O) groups is 1. The van der Waals surface area contributed by atoms with Crippen LogP contribution in [0, 0.1) is 0 Å². The second kappa shape index (κ2) is 5.96. The van der Waals surface area contributed by atoms with Crippen LogP contribution in [0.2, 0.25) is 0 Å². The van der Waals surface area contributed by atoms with E-state index in [1.165, 1.54) is 6.21 Å². The molecule has 0 spiro atoms. The predicted octanol–water partition coefficient (Wildman–Crippen LogP) is 2.38. The molecule has 1 atom stereocenters. The minimum atomic E-state index is -0.389. The van der Waals surface area contributed by atoms with Crippen LogP contribution in [0.25, 0.3) is 0 Å². The third-order valence-corrected chi connectivity index (χ3v) is 1.97. The van der Waals surface area contributed by atoms with Gasteiger partial charge in [-0.15, -0.1) is 0 Å². The molecule has 0 unspecified atom stereocenters. The third-order valence-electron chi connectivity index (χ3n) is 1.97. The number of ether oxygens (including phenoxy) is 1. The van der Waals surface area contributed by atoms with Crippen molar-refractivity contribution in [1.29, 1.82) is 0 Å². The van der Waals surface area contributed by atoms with Gasteiger partial charge in [0.25, 0.3) is 0 Å². The summed E-state index contributed by atoms with van der Waals surface area (Å²) in [5.74, 6) is -0.389. The van der Waals surface area contributed by atoms with Crippen LogP contribution >= 0.6 is 0 Å². The predicted molar refractivity (Wildman–Crippen MR) is 60.0 cm³/mol. The molecular weight excluding hydrogens is 190 g/mol. The molecule has 1 rings (SSSR count). The van der Waals surface area contributed by atoms with Crippen molar-refractivity contribution < 1.29 is 9.53 Å². The molecule has 80 valence electrons. The highest BCUT2D eigenvalue weighted by molar-refractivity contribution is 6.23. The number of aliphatic imine (C=N–C) groups is 1. The van der Waals surface area contributed by atoms with Gasteiger partial charge in [0.2, 0.25) is 0 Å². The van der Waals surface area contributed by atoms with Gasteiger partial charge in [-0.25, -0.2) is 4.79 Å². The van der Waals surface area contributed by atoms with Crippen LogP contribution in [0.4, 0.5) is 0 Å². The maximum Gasteiger partial charge on any atom is 0.348 e. The average molecular weight is 205 g/mol. The molecule has 15 heavy (non-hydrogen) atoms. The molecule has 0 bridgehead atoms. The first-order valence-electron chi connectivity index (χ1n) is 4.99. The van der Waals surface area contributed by atoms with E-state index < -0.39 is 0 Å². The maximum absolute atomic E-state index is 11.0. The van der Waals surface area contributed by atoms with E-state index in [2.05, 4.69) is 4.99 Å². The maximum atomic E-state index is 11.0. The van der Waals surface area contributed by atoms with Crippen LogP contribution in [0.1, 0.15) is 25.5 Å². The molecule has 1 aromatic rings. The smallest absolute Gasteiger partial charge is 0.348 e. The Morgan fingerprint density at radius 1 is 1.47 bits per heavy atom. The van der Waals surface area contributed by atoms with E-state index >= 15 is 0 Å². The molecule has 1 aromatic carbocycles. The Kier molecular flexibility index (Phi) is 4.54. The van der Waals surface area contributed by atoms with Crippen molar-refractivity contribution in [1.82, 2.24) is 0 Å². The number of carbonyl (C=O) groups excluding carboxylic acids is 1. The van der Waals surface area contributed by atoms with E-state index in [1.54, 1.807) is 6.92 Å². The lowest BCUT2D eigenvalue weighted by Gasteiger charge is -2.05. The largest absolute Gasteiger partial charge is 0.462 e. The van der Waals surface area contributed by atoms with Crippen LogP contribution in [0.5, 0.6) is 0 Å². The van der Waals surface area contributed by atoms with Gasteiger partial charge in [0.05, 0.1) is 12.6 Å². The Bertz CT molecular complexity index is 333. The van der Waals surface area contributed by atoms with E-state index in [1.807, 2.05) is 37.3 Å². The van der Waals surface area contributed by atoms with Crippen molar-refractivity contribution in [2.75, 3.05) is 6.61 Å². The van der Waals surface area contributed by atoms with Crippen molar-refractivity contribution in [3.05, 3.63) is 35.9 Å². The minimum absolute atomic E-state index is 0.0180. The van der Waals surface area contributed by atoms with Crippen LogP contribution in [-0.4, -0.2) is 18.8 Å². The van der Waals surface area contributed by atoms with Crippen molar-refractivity contribution in [2.45, 2.75) is 19.9 Å². The summed E-state index contributed by atoms with van der Waals surface area (Å²) < 4.78 is 4.74. The van der Waals surface area contributed by atoms with Gasteiger partial charge < -0.3 is 4.74 Å². The molecule has 0 aliphatic rings. The van der Waals surface area contributed by atoms with Gasteiger partial charge in [-0.1, -0.05) is 30.3 Å². The lowest BCUT2D eigenvalue weighted by molar-refractivity contribution is -0.134. The molecule has 3 heteroatoms. The molecule has 0 radical (unpaired) electrons. The lowest BCUT2D eigenvalue weighted by atomic mass is 10.1. The highest BCUT2D eigenvalue weighted by atomic mass is 16.5. The Morgan fingerprint density at radius 3 is 2.73 bits per heavy atom. The number of esters is 1. The molecule has 0 saturated carbocycles. The fourth-order valence-electron chi connectivity index (χ4n) is 1.17. The standard InChI is InChI=1S/C12H15NO2/c1-3-15-12(14)9-13-10(2)11-7-5-4-6-8-11/h4-10H,3H2,1-2H3/t10-/m1/s1. The first-order valence-corrected chi connectivity index (χ1v) is 4.99. The monoisotopic (exact) mass is 205 g/mol. The van der Waals surface area contributed by atoms with Crippen molar-refractivity contribution in [3.63, 3.8) is 0 Å². The SMILES string of the molecule is CCOC(=O)C=N[C@H](C)c1ccccc1. The summed E-state index contributed by atoms with van der Waals surface area (Å²) in [5.41, 5.74) is 1.08. The van der Waals surface area contributed by atoms with Gasteiger partial charge in [0.1, 0.15) is 6.21 Å². The highest BCUT2D eigenvalue weighted by Gasteiger charge is 2.02. The van der Waals surface area contributed by atoms with E-state index in [0.717, 1.165) is 5.56 Å². The molecule has 3 nitrogen and oxygen atoms in total. The first-order chi connectivity index (χ1) is 7.24. The molecule has 0 aromatic heterocycles. The number of hydrogen-bond donors (Lipinski definition) is 0. The van der Waals surface area contributed by atoms with Crippen LogP contribution < -0.4 is 0 Å². The Labute approximate surface area is 89.8 Å². The number of benzene rings is 1. The quantitative estimate of drug-likeness (QED) is 0.559. The van der Waals surface area contributed by atoms with Gasteiger partial charge in [0, 0.05) is 0 Å². The average Bonchev–Trinajstić information content (AvgIpc) is 2.27. The Hall–Kier alpha value is -1.64. The van der Waals surface area contributed by atoms with E-state index in [-0.39, 0.29) is 12.0 Å². The van der Waals surface area contributed by atoms with Crippen LogP contribution in [0.15, 0.2) is 35.3 Å². The van der Waals surface area contributed by atoms with Gasteiger partial charge in [-0.3, -0.25) is 4.99 Å². The number of nitrogens with zero attached hydrogens (tertiary/aromatic N) is 1. The summed E-state index contributed by atoms with van der Waals surface area (Å²) in [6.07, 6.45) is 1.24. The van der Waals surface area contributed by atoms with E-state index in [4.69, 9.17) is 4.74 Å². The van der Waals surface area contributed by atoms with Crippen molar-refractivity contribution >= 4 is 12.2 Å². The first kappa shape index (κ1) is 11.4. The summed E-state index contributed by atoms with van der Waals surface area (Å²) in [7, 11) is 0. The highest BCUT2D eigenvalue weighted by Crippen LogP contribution is 2.14. The molecule has 0 N–H and O–H groups in total. The minimum Gasteiger partial charge on any atom is -0.462 e. The van der Waals surface area contributed by atoms with Gasteiger partial charge in [-0.05, 0) is 19.4 Å². The van der Waals surface area contributed by atoms with Crippen molar-refractivity contribution in [2.24, 2.45) is 4.99 Å². The zero-order chi connectivity index (χ0) is 11.1.